The number of methoxy groups -OCH3 is 1. The van der Waals surface area contributed by atoms with Crippen LogP contribution < -0.4 is 15.4 Å². The van der Waals surface area contributed by atoms with Crippen molar-refractivity contribution in [2.24, 2.45) is 0 Å². The highest BCUT2D eigenvalue weighted by Crippen LogP contribution is 2.30. The van der Waals surface area contributed by atoms with Gasteiger partial charge in [0.25, 0.3) is 0 Å². The lowest BCUT2D eigenvalue weighted by Crippen LogP contribution is -2.22. The largest absolute Gasteiger partial charge is 0.495 e. The van der Waals surface area contributed by atoms with Crippen LogP contribution in [0.4, 0.5) is 11.4 Å². The molecule has 0 aliphatic carbocycles. The van der Waals surface area contributed by atoms with E-state index in [4.69, 9.17) is 27.9 Å². The maximum absolute atomic E-state index is 12.0. The van der Waals surface area contributed by atoms with Crippen LogP contribution in [0.1, 0.15) is 5.56 Å². The SMILES string of the molecule is COc1ccc(C)cc1NCC(=O)Nc1c(Cl)cccc1Cl. The van der Waals surface area contributed by atoms with E-state index in [1.807, 2.05) is 25.1 Å². The molecule has 6 heteroatoms. The standard InChI is InChI=1S/C16H16Cl2N2O2/c1-10-6-7-14(22-2)13(8-10)19-9-15(21)20-16-11(17)4-3-5-12(16)18/h3-8,19H,9H2,1-2H3,(H,20,21). The molecule has 116 valence electrons. The third kappa shape index (κ3) is 4.06. The molecule has 22 heavy (non-hydrogen) atoms. The lowest BCUT2D eigenvalue weighted by Gasteiger charge is -2.13. The number of hydrogen-bond acceptors (Lipinski definition) is 3. The van der Waals surface area contributed by atoms with Crippen LogP contribution in [0.15, 0.2) is 36.4 Å². The van der Waals surface area contributed by atoms with Gasteiger partial charge in [-0.25, -0.2) is 0 Å². The van der Waals surface area contributed by atoms with Gasteiger partial charge >= 0.3 is 0 Å². The van der Waals surface area contributed by atoms with E-state index in [1.54, 1.807) is 25.3 Å². The van der Waals surface area contributed by atoms with Crippen molar-refractivity contribution in [1.82, 2.24) is 0 Å². The van der Waals surface area contributed by atoms with Gasteiger partial charge in [0.15, 0.2) is 0 Å². The van der Waals surface area contributed by atoms with Crippen LogP contribution in [-0.2, 0) is 4.79 Å². The topological polar surface area (TPSA) is 50.4 Å². The van der Waals surface area contributed by atoms with Crippen molar-refractivity contribution >= 4 is 40.5 Å². The van der Waals surface area contributed by atoms with E-state index >= 15 is 0 Å². The molecule has 1 amide bonds. The number of aryl methyl sites for hydroxylation is 1. The van der Waals surface area contributed by atoms with Crippen LogP contribution in [0.3, 0.4) is 0 Å². The molecule has 0 aromatic heterocycles. The number of ether oxygens (including phenoxy) is 1. The number of carbonyl (C=O) groups is 1. The molecule has 4 nitrogen and oxygen atoms in total. The summed E-state index contributed by atoms with van der Waals surface area (Å²) < 4.78 is 5.25. The molecule has 0 spiro atoms. The summed E-state index contributed by atoms with van der Waals surface area (Å²) in [4.78, 5) is 12.0. The molecule has 0 aliphatic rings. The number of carbonyl (C=O) groups excluding carboxylic acids is 1. The van der Waals surface area contributed by atoms with Gasteiger partial charge in [0.05, 0.1) is 35.1 Å². The smallest absolute Gasteiger partial charge is 0.243 e. The Hall–Kier alpha value is -1.91. The molecule has 0 heterocycles. The van der Waals surface area contributed by atoms with E-state index < -0.39 is 0 Å². The molecule has 0 fully saturated rings. The van der Waals surface area contributed by atoms with Crippen molar-refractivity contribution in [3.05, 3.63) is 52.0 Å². The molecule has 0 atom stereocenters. The second-order valence-corrected chi connectivity index (χ2v) is 5.52. The Kier molecular flexibility index (Phi) is 5.52. The predicted octanol–water partition coefficient (Wildman–Crippen LogP) is 4.36. The molecule has 2 aromatic rings. The minimum absolute atomic E-state index is 0.0708. The fourth-order valence-electron chi connectivity index (χ4n) is 1.94. The first-order valence-electron chi connectivity index (χ1n) is 6.63. The molecule has 0 unspecified atom stereocenters. The summed E-state index contributed by atoms with van der Waals surface area (Å²) in [5.41, 5.74) is 2.23. The summed E-state index contributed by atoms with van der Waals surface area (Å²) in [6, 6.07) is 10.7. The monoisotopic (exact) mass is 338 g/mol. The lowest BCUT2D eigenvalue weighted by atomic mass is 10.2. The number of rotatable bonds is 5. The number of amides is 1. The van der Waals surface area contributed by atoms with Crippen molar-refractivity contribution in [2.45, 2.75) is 6.92 Å². The van der Waals surface area contributed by atoms with Gasteiger partial charge in [-0.3, -0.25) is 4.79 Å². The summed E-state index contributed by atoms with van der Waals surface area (Å²) in [5, 5.41) is 6.53. The maximum Gasteiger partial charge on any atom is 0.243 e. The van der Waals surface area contributed by atoms with E-state index in [2.05, 4.69) is 10.6 Å². The van der Waals surface area contributed by atoms with Crippen molar-refractivity contribution < 1.29 is 9.53 Å². The zero-order chi connectivity index (χ0) is 16.1. The Morgan fingerprint density at radius 3 is 2.50 bits per heavy atom. The van der Waals surface area contributed by atoms with Gasteiger partial charge in [0.1, 0.15) is 5.75 Å². The van der Waals surface area contributed by atoms with E-state index in [0.717, 1.165) is 11.3 Å². The summed E-state index contributed by atoms with van der Waals surface area (Å²) >= 11 is 12.0. The number of nitrogens with one attached hydrogen (secondary N) is 2. The molecule has 0 saturated heterocycles. The van der Waals surface area contributed by atoms with Crippen molar-refractivity contribution in [2.75, 3.05) is 24.3 Å². The first-order valence-corrected chi connectivity index (χ1v) is 7.39. The summed E-state index contributed by atoms with van der Waals surface area (Å²) in [7, 11) is 1.58. The summed E-state index contributed by atoms with van der Waals surface area (Å²) in [5.74, 6) is 0.424. The third-order valence-electron chi connectivity index (χ3n) is 3.02. The number of halogens is 2. The fraction of sp³-hybridized carbons (Fsp3) is 0.188. The van der Waals surface area contributed by atoms with E-state index in [-0.39, 0.29) is 12.5 Å². The van der Waals surface area contributed by atoms with Gasteiger partial charge in [-0.15, -0.1) is 0 Å². The van der Waals surface area contributed by atoms with Crippen LogP contribution in [0, 0.1) is 6.92 Å². The number of hydrogen-bond donors (Lipinski definition) is 2. The Labute approximate surface area is 139 Å². The molecule has 2 N–H and O–H groups in total. The van der Waals surface area contributed by atoms with Crippen LogP contribution in [0.5, 0.6) is 5.75 Å². The van der Waals surface area contributed by atoms with Crippen molar-refractivity contribution in [3.63, 3.8) is 0 Å². The minimum atomic E-state index is -0.251. The molecule has 2 rings (SSSR count). The Bertz CT molecular complexity index is 670. The van der Waals surface area contributed by atoms with Crippen LogP contribution >= 0.6 is 23.2 Å². The number of anilines is 2. The van der Waals surface area contributed by atoms with Gasteiger partial charge in [0, 0.05) is 0 Å². The van der Waals surface area contributed by atoms with Crippen LogP contribution in [-0.4, -0.2) is 19.6 Å². The molecule has 0 radical (unpaired) electrons. The Morgan fingerprint density at radius 2 is 1.86 bits per heavy atom. The lowest BCUT2D eigenvalue weighted by molar-refractivity contribution is -0.114. The van der Waals surface area contributed by atoms with Gasteiger partial charge in [-0.1, -0.05) is 35.3 Å². The molecule has 0 bridgehead atoms. The zero-order valence-corrected chi connectivity index (χ0v) is 13.8. The van der Waals surface area contributed by atoms with E-state index in [9.17, 15) is 4.79 Å². The van der Waals surface area contributed by atoms with E-state index in [1.165, 1.54) is 0 Å². The maximum atomic E-state index is 12.0. The second kappa shape index (κ2) is 7.38. The van der Waals surface area contributed by atoms with Crippen molar-refractivity contribution in [3.8, 4) is 5.75 Å². The quantitative estimate of drug-likeness (QED) is 0.851. The Balaban J connectivity index is 2.03. The van der Waals surface area contributed by atoms with E-state index in [0.29, 0.717) is 21.5 Å². The molecular formula is C16H16Cl2N2O2. The average molecular weight is 339 g/mol. The molecular weight excluding hydrogens is 323 g/mol. The van der Waals surface area contributed by atoms with Gasteiger partial charge in [0.2, 0.25) is 5.91 Å². The normalized spacial score (nSPS) is 10.2. The Morgan fingerprint density at radius 1 is 1.18 bits per heavy atom. The second-order valence-electron chi connectivity index (χ2n) is 4.70. The molecule has 0 saturated carbocycles. The number of para-hydroxylation sites is 1. The highest BCUT2D eigenvalue weighted by molar-refractivity contribution is 6.39. The highest BCUT2D eigenvalue weighted by atomic mass is 35.5. The predicted molar refractivity (Wildman–Crippen MR) is 91.3 cm³/mol. The summed E-state index contributed by atoms with van der Waals surface area (Å²) in [6.07, 6.45) is 0. The van der Waals surface area contributed by atoms with Gasteiger partial charge < -0.3 is 15.4 Å². The van der Waals surface area contributed by atoms with Gasteiger partial charge in [-0.05, 0) is 36.8 Å². The van der Waals surface area contributed by atoms with Crippen LogP contribution in [0.2, 0.25) is 10.0 Å². The first kappa shape index (κ1) is 16.5. The highest BCUT2D eigenvalue weighted by Gasteiger charge is 2.10. The molecule has 2 aromatic carbocycles. The zero-order valence-electron chi connectivity index (χ0n) is 12.2. The average Bonchev–Trinajstić information content (AvgIpc) is 2.49. The van der Waals surface area contributed by atoms with Crippen LogP contribution in [0.25, 0.3) is 0 Å². The van der Waals surface area contributed by atoms with Gasteiger partial charge in [-0.2, -0.15) is 0 Å². The molecule has 0 aliphatic heterocycles. The number of benzene rings is 2. The summed E-state index contributed by atoms with van der Waals surface area (Å²) in [6.45, 7) is 2.04. The fourth-order valence-corrected chi connectivity index (χ4v) is 2.43. The van der Waals surface area contributed by atoms with Crippen molar-refractivity contribution in [1.29, 1.82) is 0 Å². The first-order chi connectivity index (χ1) is 10.5. The third-order valence-corrected chi connectivity index (χ3v) is 3.65. The minimum Gasteiger partial charge on any atom is -0.495 e.